The maximum absolute atomic E-state index is 13.6. The quantitative estimate of drug-likeness (QED) is 0.495. The monoisotopic (exact) mass is 453 g/mol. The number of anilines is 1. The Labute approximate surface area is 163 Å². The van der Waals surface area contributed by atoms with Crippen molar-refractivity contribution in [3.63, 3.8) is 0 Å². The van der Waals surface area contributed by atoms with Crippen LogP contribution in [0.3, 0.4) is 0 Å². The lowest BCUT2D eigenvalue weighted by Gasteiger charge is -2.26. The standard InChI is InChI=1S/C15H14F7NO5S/c1-4-27-10(24)7-6(3)8(11(25)28-5-2)29-9(7)23-12(26)13(16,17)14(18,19)15(20,21)22/h4-5H2,1-3H3,(H,23,26). The van der Waals surface area contributed by atoms with Crippen LogP contribution in [-0.4, -0.2) is 49.1 Å². The summed E-state index contributed by atoms with van der Waals surface area (Å²) in [7, 11) is 0. The molecule has 1 rings (SSSR count). The van der Waals surface area contributed by atoms with Gasteiger partial charge in [0.15, 0.2) is 0 Å². The van der Waals surface area contributed by atoms with Gasteiger partial charge in [0, 0.05) is 0 Å². The average Bonchev–Trinajstić information content (AvgIpc) is 2.90. The second-order valence-corrected chi connectivity index (χ2v) is 6.32. The third-order valence-electron chi connectivity index (χ3n) is 3.35. The van der Waals surface area contributed by atoms with Gasteiger partial charge < -0.3 is 14.8 Å². The van der Waals surface area contributed by atoms with Crippen molar-refractivity contribution in [2.45, 2.75) is 38.8 Å². The summed E-state index contributed by atoms with van der Waals surface area (Å²) in [6.45, 7) is 3.59. The summed E-state index contributed by atoms with van der Waals surface area (Å²) in [5, 5.41) is 0.299. The number of esters is 2. The zero-order valence-corrected chi connectivity index (χ0v) is 15.8. The zero-order valence-electron chi connectivity index (χ0n) is 15.0. The van der Waals surface area contributed by atoms with Crippen molar-refractivity contribution in [2.24, 2.45) is 0 Å². The Morgan fingerprint density at radius 2 is 1.41 bits per heavy atom. The highest BCUT2D eigenvalue weighted by Crippen LogP contribution is 2.47. The Kier molecular flexibility index (Phi) is 7.27. The van der Waals surface area contributed by atoms with Gasteiger partial charge >= 0.3 is 35.9 Å². The van der Waals surface area contributed by atoms with E-state index >= 15 is 0 Å². The topological polar surface area (TPSA) is 81.7 Å². The van der Waals surface area contributed by atoms with Crippen LogP contribution in [0.2, 0.25) is 0 Å². The van der Waals surface area contributed by atoms with E-state index < -0.39 is 46.4 Å². The molecule has 1 heterocycles. The summed E-state index contributed by atoms with van der Waals surface area (Å²) in [6, 6.07) is 0. The largest absolute Gasteiger partial charge is 0.462 e. The maximum atomic E-state index is 13.6. The van der Waals surface area contributed by atoms with Crippen molar-refractivity contribution in [1.82, 2.24) is 0 Å². The summed E-state index contributed by atoms with van der Waals surface area (Å²) in [5.41, 5.74) is -0.854. The number of hydrogen-bond donors (Lipinski definition) is 1. The summed E-state index contributed by atoms with van der Waals surface area (Å²) < 4.78 is 99.3. The van der Waals surface area contributed by atoms with Crippen molar-refractivity contribution in [3.8, 4) is 0 Å². The molecular weight excluding hydrogens is 439 g/mol. The molecule has 1 aromatic rings. The van der Waals surface area contributed by atoms with Gasteiger partial charge in [-0.2, -0.15) is 30.7 Å². The van der Waals surface area contributed by atoms with Crippen LogP contribution in [0.25, 0.3) is 0 Å². The summed E-state index contributed by atoms with van der Waals surface area (Å²) in [4.78, 5) is 35.1. The normalized spacial score (nSPS) is 12.5. The molecule has 14 heteroatoms. The molecule has 0 aliphatic carbocycles. The van der Waals surface area contributed by atoms with Gasteiger partial charge in [0.25, 0.3) is 0 Å². The predicted octanol–water partition coefficient (Wildman–Crippen LogP) is 4.18. The van der Waals surface area contributed by atoms with Crippen molar-refractivity contribution in [1.29, 1.82) is 0 Å². The van der Waals surface area contributed by atoms with Gasteiger partial charge in [-0.1, -0.05) is 0 Å². The number of rotatable bonds is 7. The van der Waals surface area contributed by atoms with E-state index in [0.29, 0.717) is 0 Å². The Balaban J connectivity index is 3.43. The lowest BCUT2D eigenvalue weighted by atomic mass is 10.1. The van der Waals surface area contributed by atoms with Gasteiger partial charge in [-0.25, -0.2) is 9.59 Å². The third-order valence-corrected chi connectivity index (χ3v) is 4.54. The van der Waals surface area contributed by atoms with Crippen LogP contribution in [0.4, 0.5) is 35.7 Å². The first-order chi connectivity index (χ1) is 13.1. The molecule has 164 valence electrons. The molecule has 1 aromatic heterocycles. The lowest BCUT2D eigenvalue weighted by molar-refractivity contribution is -0.343. The first kappa shape index (κ1) is 24.7. The number of carbonyl (C=O) groups is 3. The fraction of sp³-hybridized carbons (Fsp3) is 0.533. The molecule has 0 saturated carbocycles. The molecule has 1 amide bonds. The van der Waals surface area contributed by atoms with Gasteiger partial charge in [0.1, 0.15) is 9.88 Å². The van der Waals surface area contributed by atoms with E-state index in [2.05, 4.69) is 9.47 Å². The minimum absolute atomic E-state index is 0.123. The Morgan fingerprint density at radius 1 is 0.931 bits per heavy atom. The molecule has 0 fully saturated rings. The molecule has 0 saturated heterocycles. The summed E-state index contributed by atoms with van der Waals surface area (Å²) in [5.74, 6) is -18.2. The molecule has 0 aliphatic heterocycles. The molecular formula is C15H14F7NO5S. The minimum atomic E-state index is -6.72. The highest BCUT2D eigenvalue weighted by Gasteiger charge is 2.76. The van der Waals surface area contributed by atoms with Crippen molar-refractivity contribution in [2.75, 3.05) is 18.5 Å². The van der Waals surface area contributed by atoms with E-state index in [4.69, 9.17) is 0 Å². The van der Waals surface area contributed by atoms with E-state index in [9.17, 15) is 45.1 Å². The van der Waals surface area contributed by atoms with E-state index in [0.717, 1.165) is 6.92 Å². The molecule has 0 radical (unpaired) electrons. The number of halogens is 7. The molecule has 1 N–H and O–H groups in total. The third kappa shape index (κ3) is 4.62. The van der Waals surface area contributed by atoms with Crippen LogP contribution < -0.4 is 5.32 Å². The Bertz CT molecular complexity index is 804. The van der Waals surface area contributed by atoms with E-state index in [-0.39, 0.29) is 35.0 Å². The summed E-state index contributed by atoms with van der Waals surface area (Å²) in [6.07, 6.45) is -6.72. The van der Waals surface area contributed by atoms with Gasteiger partial charge in [-0.3, -0.25) is 4.79 Å². The molecule has 0 spiro atoms. The number of ether oxygens (including phenoxy) is 2. The molecule has 6 nitrogen and oxygen atoms in total. The number of amides is 1. The zero-order chi connectivity index (χ0) is 22.8. The molecule has 0 bridgehead atoms. The van der Waals surface area contributed by atoms with Crippen LogP contribution in [0, 0.1) is 6.92 Å². The van der Waals surface area contributed by atoms with Crippen LogP contribution in [0.15, 0.2) is 0 Å². The number of nitrogens with one attached hydrogen (secondary N) is 1. The van der Waals surface area contributed by atoms with Crippen LogP contribution in [-0.2, 0) is 14.3 Å². The van der Waals surface area contributed by atoms with Gasteiger partial charge in [-0.15, -0.1) is 11.3 Å². The Morgan fingerprint density at radius 3 is 1.86 bits per heavy atom. The number of hydrogen-bond acceptors (Lipinski definition) is 6. The fourth-order valence-electron chi connectivity index (χ4n) is 1.94. The maximum Gasteiger partial charge on any atom is 0.460 e. The molecule has 29 heavy (non-hydrogen) atoms. The van der Waals surface area contributed by atoms with Crippen molar-refractivity contribution >= 4 is 34.2 Å². The highest BCUT2D eigenvalue weighted by atomic mass is 32.1. The lowest BCUT2D eigenvalue weighted by Crippen LogP contribution is -2.57. The van der Waals surface area contributed by atoms with Gasteiger partial charge in [0.2, 0.25) is 0 Å². The Hall–Kier alpha value is -2.38. The van der Waals surface area contributed by atoms with Gasteiger partial charge in [0.05, 0.1) is 18.8 Å². The minimum Gasteiger partial charge on any atom is -0.462 e. The SMILES string of the molecule is CCOC(=O)c1sc(NC(=O)C(F)(F)C(F)(F)C(F)(F)F)c(C(=O)OCC)c1C. The van der Waals surface area contributed by atoms with Crippen molar-refractivity contribution < 1.29 is 54.6 Å². The molecule has 0 aliphatic rings. The van der Waals surface area contributed by atoms with Crippen LogP contribution >= 0.6 is 11.3 Å². The molecule has 0 aromatic carbocycles. The smallest absolute Gasteiger partial charge is 0.460 e. The number of alkyl halides is 7. The predicted molar refractivity (Wildman–Crippen MR) is 85.5 cm³/mol. The van der Waals surface area contributed by atoms with Crippen LogP contribution in [0.5, 0.6) is 0 Å². The fourth-order valence-corrected chi connectivity index (χ4v) is 3.03. The highest BCUT2D eigenvalue weighted by molar-refractivity contribution is 7.18. The van der Waals surface area contributed by atoms with Crippen molar-refractivity contribution in [3.05, 3.63) is 16.0 Å². The second kappa shape index (κ2) is 8.55. The molecule has 0 unspecified atom stereocenters. The number of thiophene rings is 1. The first-order valence-electron chi connectivity index (χ1n) is 7.74. The summed E-state index contributed by atoms with van der Waals surface area (Å²) >= 11 is 0.184. The van der Waals surface area contributed by atoms with E-state index in [1.807, 2.05) is 0 Å². The van der Waals surface area contributed by atoms with Crippen LogP contribution in [0.1, 0.15) is 39.4 Å². The van der Waals surface area contributed by atoms with E-state index in [1.165, 1.54) is 19.2 Å². The second-order valence-electron chi connectivity index (χ2n) is 5.30. The number of carbonyl (C=O) groups excluding carboxylic acids is 3. The van der Waals surface area contributed by atoms with E-state index in [1.54, 1.807) is 0 Å². The average molecular weight is 453 g/mol. The van der Waals surface area contributed by atoms with Gasteiger partial charge in [-0.05, 0) is 26.3 Å². The molecule has 0 atom stereocenters. The first-order valence-corrected chi connectivity index (χ1v) is 8.56.